The SMILES string of the molecule is COC(=O)c1ccc(F)c(NC(=O)c2ccccc2NC(=O)c2cccc(C)c2)c1. The molecule has 7 heteroatoms. The molecular formula is C23H19FN2O4. The average molecular weight is 406 g/mol. The first-order valence-electron chi connectivity index (χ1n) is 9.05. The quantitative estimate of drug-likeness (QED) is 0.614. The zero-order valence-electron chi connectivity index (χ0n) is 16.4. The summed E-state index contributed by atoms with van der Waals surface area (Å²) in [5.74, 6) is -2.39. The van der Waals surface area contributed by atoms with Crippen LogP contribution < -0.4 is 10.6 Å². The Kier molecular flexibility index (Phi) is 6.22. The van der Waals surface area contributed by atoms with Gasteiger partial charge in [-0.15, -0.1) is 0 Å². The van der Waals surface area contributed by atoms with Crippen LogP contribution in [0, 0.1) is 12.7 Å². The van der Waals surface area contributed by atoms with Crippen molar-refractivity contribution in [2.75, 3.05) is 17.7 Å². The highest BCUT2D eigenvalue weighted by atomic mass is 19.1. The molecule has 30 heavy (non-hydrogen) atoms. The van der Waals surface area contributed by atoms with E-state index in [1.54, 1.807) is 36.4 Å². The maximum absolute atomic E-state index is 14.1. The highest BCUT2D eigenvalue weighted by molar-refractivity contribution is 6.12. The van der Waals surface area contributed by atoms with E-state index in [2.05, 4.69) is 15.4 Å². The number of rotatable bonds is 5. The number of amides is 2. The molecule has 0 saturated carbocycles. The molecule has 0 radical (unpaired) electrons. The van der Waals surface area contributed by atoms with Gasteiger partial charge in [-0.2, -0.15) is 0 Å². The van der Waals surface area contributed by atoms with Gasteiger partial charge in [-0.05, 0) is 49.4 Å². The van der Waals surface area contributed by atoms with E-state index in [9.17, 15) is 18.8 Å². The van der Waals surface area contributed by atoms with Gasteiger partial charge < -0.3 is 15.4 Å². The molecule has 2 amide bonds. The fourth-order valence-electron chi connectivity index (χ4n) is 2.83. The number of nitrogens with one attached hydrogen (secondary N) is 2. The minimum absolute atomic E-state index is 0.0928. The Labute approximate surface area is 172 Å². The molecule has 0 unspecified atom stereocenters. The van der Waals surface area contributed by atoms with Gasteiger partial charge in [0.2, 0.25) is 0 Å². The van der Waals surface area contributed by atoms with Crippen LogP contribution in [0.3, 0.4) is 0 Å². The molecule has 3 aromatic rings. The fraction of sp³-hybridized carbons (Fsp3) is 0.0870. The summed E-state index contributed by atoms with van der Waals surface area (Å²) in [6.07, 6.45) is 0. The van der Waals surface area contributed by atoms with Crippen molar-refractivity contribution in [2.24, 2.45) is 0 Å². The molecule has 0 aliphatic rings. The number of esters is 1. The molecule has 0 fully saturated rings. The van der Waals surface area contributed by atoms with Crippen molar-refractivity contribution < 1.29 is 23.5 Å². The number of carbonyl (C=O) groups is 3. The largest absolute Gasteiger partial charge is 0.465 e. The summed E-state index contributed by atoms with van der Waals surface area (Å²) in [5, 5.41) is 5.14. The van der Waals surface area contributed by atoms with Gasteiger partial charge >= 0.3 is 5.97 Å². The molecule has 152 valence electrons. The lowest BCUT2D eigenvalue weighted by Crippen LogP contribution is -2.19. The maximum Gasteiger partial charge on any atom is 0.337 e. The summed E-state index contributed by atoms with van der Waals surface area (Å²) in [7, 11) is 1.21. The summed E-state index contributed by atoms with van der Waals surface area (Å²) < 4.78 is 18.8. The number of ether oxygens (including phenoxy) is 1. The second-order valence-corrected chi connectivity index (χ2v) is 6.51. The van der Waals surface area contributed by atoms with E-state index in [-0.39, 0.29) is 28.4 Å². The van der Waals surface area contributed by atoms with Crippen LogP contribution in [0.2, 0.25) is 0 Å². The van der Waals surface area contributed by atoms with Crippen LogP contribution in [0.15, 0.2) is 66.7 Å². The fourth-order valence-corrected chi connectivity index (χ4v) is 2.83. The van der Waals surface area contributed by atoms with E-state index in [1.807, 2.05) is 13.0 Å². The van der Waals surface area contributed by atoms with Crippen LogP contribution in [0.5, 0.6) is 0 Å². The van der Waals surface area contributed by atoms with E-state index >= 15 is 0 Å². The van der Waals surface area contributed by atoms with Crippen molar-refractivity contribution in [3.05, 3.63) is 94.8 Å². The summed E-state index contributed by atoms with van der Waals surface area (Å²) in [5.41, 5.74) is 1.70. The minimum atomic E-state index is -0.711. The number of anilines is 2. The molecule has 3 rings (SSSR count). The van der Waals surface area contributed by atoms with E-state index in [4.69, 9.17) is 0 Å². The maximum atomic E-state index is 14.1. The van der Waals surface area contributed by atoms with E-state index in [0.717, 1.165) is 11.6 Å². The Morgan fingerprint density at radius 2 is 1.53 bits per heavy atom. The van der Waals surface area contributed by atoms with Crippen LogP contribution in [0.1, 0.15) is 36.6 Å². The predicted octanol–water partition coefficient (Wildman–Crippen LogP) is 4.43. The summed E-state index contributed by atoms with van der Waals surface area (Å²) >= 11 is 0. The molecule has 0 aliphatic carbocycles. The Morgan fingerprint density at radius 1 is 0.800 bits per heavy atom. The third-order valence-electron chi connectivity index (χ3n) is 4.34. The third-order valence-corrected chi connectivity index (χ3v) is 4.34. The Morgan fingerprint density at radius 3 is 2.27 bits per heavy atom. The number of carbonyl (C=O) groups excluding carboxylic acids is 3. The molecule has 0 atom stereocenters. The Bertz CT molecular complexity index is 1130. The van der Waals surface area contributed by atoms with Crippen LogP contribution in [0.25, 0.3) is 0 Å². The molecule has 2 N–H and O–H groups in total. The van der Waals surface area contributed by atoms with Crippen LogP contribution in [-0.4, -0.2) is 24.9 Å². The molecule has 3 aromatic carbocycles. The molecule has 0 saturated heterocycles. The topological polar surface area (TPSA) is 84.5 Å². The van der Waals surface area contributed by atoms with Crippen molar-refractivity contribution in [1.82, 2.24) is 0 Å². The van der Waals surface area contributed by atoms with Gasteiger partial charge in [-0.25, -0.2) is 9.18 Å². The van der Waals surface area contributed by atoms with Gasteiger partial charge in [0.05, 0.1) is 29.6 Å². The average Bonchev–Trinajstić information content (AvgIpc) is 2.75. The number of para-hydroxylation sites is 1. The van der Waals surface area contributed by atoms with Gasteiger partial charge in [0.15, 0.2) is 0 Å². The second-order valence-electron chi connectivity index (χ2n) is 6.51. The van der Waals surface area contributed by atoms with Crippen molar-refractivity contribution in [1.29, 1.82) is 0 Å². The summed E-state index contributed by atoms with van der Waals surface area (Å²) in [6.45, 7) is 1.87. The highest BCUT2D eigenvalue weighted by Gasteiger charge is 2.17. The van der Waals surface area contributed by atoms with Gasteiger partial charge in [-0.1, -0.05) is 29.8 Å². The van der Waals surface area contributed by atoms with Gasteiger partial charge in [0.1, 0.15) is 5.82 Å². The first kappa shape index (κ1) is 20.7. The highest BCUT2D eigenvalue weighted by Crippen LogP contribution is 2.21. The van der Waals surface area contributed by atoms with Crippen molar-refractivity contribution in [2.45, 2.75) is 6.92 Å². The zero-order valence-corrected chi connectivity index (χ0v) is 16.4. The first-order chi connectivity index (χ1) is 14.4. The smallest absolute Gasteiger partial charge is 0.337 e. The predicted molar refractivity (Wildman–Crippen MR) is 111 cm³/mol. The standard InChI is InChI=1S/C23H19FN2O4/c1-14-6-5-7-15(12-14)21(27)25-19-9-4-3-8-17(19)22(28)26-20-13-16(23(29)30-2)10-11-18(20)24/h3-13H,1-2H3,(H,25,27)(H,26,28). The Hall–Kier alpha value is -4.00. The number of hydrogen-bond donors (Lipinski definition) is 2. The molecule has 6 nitrogen and oxygen atoms in total. The van der Waals surface area contributed by atoms with Crippen molar-refractivity contribution in [3.8, 4) is 0 Å². The van der Waals surface area contributed by atoms with E-state index < -0.39 is 17.7 Å². The summed E-state index contributed by atoms with van der Waals surface area (Å²) in [6, 6.07) is 16.9. The van der Waals surface area contributed by atoms with Crippen LogP contribution >= 0.6 is 0 Å². The van der Waals surface area contributed by atoms with Gasteiger partial charge in [0.25, 0.3) is 11.8 Å². The summed E-state index contributed by atoms with van der Waals surface area (Å²) in [4.78, 5) is 37.0. The molecule has 0 heterocycles. The molecule has 0 bridgehead atoms. The number of halogens is 1. The van der Waals surface area contributed by atoms with Crippen molar-refractivity contribution in [3.63, 3.8) is 0 Å². The van der Waals surface area contributed by atoms with Crippen LogP contribution in [0.4, 0.5) is 15.8 Å². The number of aryl methyl sites for hydroxylation is 1. The Balaban J connectivity index is 1.84. The number of hydrogen-bond acceptors (Lipinski definition) is 4. The molecule has 0 aromatic heterocycles. The number of benzene rings is 3. The first-order valence-corrected chi connectivity index (χ1v) is 9.05. The van der Waals surface area contributed by atoms with Crippen molar-refractivity contribution >= 4 is 29.2 Å². The third kappa shape index (κ3) is 4.70. The second kappa shape index (κ2) is 9.00. The van der Waals surface area contributed by atoms with Gasteiger partial charge in [0, 0.05) is 5.56 Å². The molecule has 0 aliphatic heterocycles. The van der Waals surface area contributed by atoms with Gasteiger partial charge in [-0.3, -0.25) is 9.59 Å². The van der Waals surface area contributed by atoms with E-state index in [1.165, 1.54) is 25.3 Å². The minimum Gasteiger partial charge on any atom is -0.465 e. The number of methoxy groups -OCH3 is 1. The molecule has 0 spiro atoms. The lowest BCUT2D eigenvalue weighted by molar-refractivity contribution is 0.0600. The molecular weight excluding hydrogens is 387 g/mol. The normalized spacial score (nSPS) is 10.2. The lowest BCUT2D eigenvalue weighted by atomic mass is 10.1. The lowest BCUT2D eigenvalue weighted by Gasteiger charge is -2.13. The van der Waals surface area contributed by atoms with E-state index in [0.29, 0.717) is 5.56 Å². The zero-order chi connectivity index (χ0) is 21.7. The monoisotopic (exact) mass is 406 g/mol. The van der Waals surface area contributed by atoms with Crippen LogP contribution in [-0.2, 0) is 4.74 Å².